The minimum atomic E-state index is -0.707. The van der Waals surface area contributed by atoms with Gasteiger partial charge in [0.15, 0.2) is 0 Å². The molecule has 2 aromatic rings. The van der Waals surface area contributed by atoms with E-state index in [0.717, 1.165) is 60.8 Å². The summed E-state index contributed by atoms with van der Waals surface area (Å²) in [5.74, 6) is 0.722. The predicted octanol–water partition coefficient (Wildman–Crippen LogP) is 6.63. The molecule has 0 spiro atoms. The average Bonchev–Trinajstić information content (AvgIpc) is 3.18. The number of methoxy groups -OCH3 is 2. The fourth-order valence-electron chi connectivity index (χ4n) is 7.18. The van der Waals surface area contributed by atoms with Crippen LogP contribution in [0.5, 0.6) is 5.75 Å². The van der Waals surface area contributed by atoms with Gasteiger partial charge in [-0.3, -0.25) is 9.59 Å². The van der Waals surface area contributed by atoms with E-state index in [1.165, 1.54) is 18.2 Å². The second-order valence-electron chi connectivity index (χ2n) is 12.9. The lowest BCUT2D eigenvalue weighted by molar-refractivity contribution is -0.145. The van der Waals surface area contributed by atoms with Crippen LogP contribution in [-0.2, 0) is 25.5 Å². The highest BCUT2D eigenvalue weighted by Crippen LogP contribution is 2.44. The number of amides is 1. The second kappa shape index (κ2) is 14.4. The lowest BCUT2D eigenvalue weighted by Gasteiger charge is -2.43. The van der Waals surface area contributed by atoms with Crippen molar-refractivity contribution in [2.75, 3.05) is 52.4 Å². The van der Waals surface area contributed by atoms with E-state index in [2.05, 4.69) is 49.1 Å². The normalized spacial score (nSPS) is 28.3. The van der Waals surface area contributed by atoms with Gasteiger partial charge in [-0.1, -0.05) is 56.2 Å². The van der Waals surface area contributed by atoms with Crippen molar-refractivity contribution < 1.29 is 23.8 Å². The molecule has 0 N–H and O–H groups in total. The summed E-state index contributed by atoms with van der Waals surface area (Å²) in [6.45, 7) is 7.03. The Morgan fingerprint density at radius 1 is 1.07 bits per heavy atom. The lowest BCUT2D eigenvalue weighted by Crippen LogP contribution is -2.44. The molecule has 2 aromatic carbocycles. The first-order chi connectivity index (χ1) is 21.2. The van der Waals surface area contributed by atoms with Crippen molar-refractivity contribution in [3.63, 3.8) is 0 Å². The van der Waals surface area contributed by atoms with Gasteiger partial charge in [0.1, 0.15) is 5.75 Å². The van der Waals surface area contributed by atoms with Gasteiger partial charge >= 0.3 is 5.97 Å². The standard InChI is InChI=1S/C36H47ClN2O5/c1-6-7-24-16-28(37)11-13-29(24)27-21-39-20-26-9-12-30(26)33(42-4)14-8-23(2)19-38(3)35(40)18-31(36(41)43-5)25-10-15-34(44-22-27)32(39)17-25/h8,10-11,13-17,23,26-27,30-31,33H,6-7,9,12,18-22H2,1-5H3/b14-8-. The van der Waals surface area contributed by atoms with Crippen LogP contribution in [0.15, 0.2) is 48.6 Å². The summed E-state index contributed by atoms with van der Waals surface area (Å²) >= 11 is 6.44. The van der Waals surface area contributed by atoms with Gasteiger partial charge in [0, 0.05) is 51.2 Å². The van der Waals surface area contributed by atoms with Crippen LogP contribution in [0, 0.1) is 17.8 Å². The van der Waals surface area contributed by atoms with E-state index < -0.39 is 11.9 Å². The van der Waals surface area contributed by atoms with E-state index in [9.17, 15) is 9.59 Å². The summed E-state index contributed by atoms with van der Waals surface area (Å²) in [5.41, 5.74) is 4.27. The van der Waals surface area contributed by atoms with Crippen LogP contribution in [0.4, 0.5) is 5.69 Å². The number of benzene rings is 2. The van der Waals surface area contributed by atoms with Gasteiger partial charge in [0.25, 0.3) is 0 Å². The molecule has 1 amide bonds. The fourth-order valence-corrected chi connectivity index (χ4v) is 7.38. The number of carbonyl (C=O) groups is 2. The quantitative estimate of drug-likeness (QED) is 0.276. The predicted molar refractivity (Wildman–Crippen MR) is 175 cm³/mol. The maximum Gasteiger partial charge on any atom is 0.313 e. The van der Waals surface area contributed by atoms with Crippen molar-refractivity contribution in [2.45, 2.75) is 63.9 Å². The monoisotopic (exact) mass is 622 g/mol. The molecular formula is C36H47ClN2O5. The molecule has 2 bridgehead atoms. The maximum atomic E-state index is 13.4. The number of anilines is 1. The summed E-state index contributed by atoms with van der Waals surface area (Å²) in [4.78, 5) is 30.7. The van der Waals surface area contributed by atoms with Gasteiger partial charge in [0.05, 0.1) is 31.4 Å². The largest absolute Gasteiger partial charge is 0.491 e. The molecule has 8 heteroatoms. The molecule has 1 aliphatic carbocycles. The zero-order chi connectivity index (χ0) is 31.4. The Bertz CT molecular complexity index is 1360. The summed E-state index contributed by atoms with van der Waals surface area (Å²) < 4.78 is 17.8. The Labute approximate surface area is 267 Å². The van der Waals surface area contributed by atoms with Gasteiger partial charge in [0.2, 0.25) is 5.91 Å². The molecule has 1 fully saturated rings. The van der Waals surface area contributed by atoms with Crippen molar-refractivity contribution in [3.05, 3.63) is 70.3 Å². The summed E-state index contributed by atoms with van der Waals surface area (Å²) in [7, 11) is 4.98. The van der Waals surface area contributed by atoms with Crippen LogP contribution in [-0.4, -0.2) is 70.4 Å². The number of fused-ring (bicyclic) bond motifs is 2. The highest BCUT2D eigenvalue weighted by Gasteiger charge is 2.39. The van der Waals surface area contributed by atoms with Crippen LogP contribution in [0.1, 0.15) is 68.1 Å². The van der Waals surface area contributed by atoms with Crippen LogP contribution < -0.4 is 9.64 Å². The van der Waals surface area contributed by atoms with E-state index in [1.807, 2.05) is 18.2 Å². The Kier molecular flexibility index (Phi) is 10.6. The number of ether oxygens (including phenoxy) is 3. The van der Waals surface area contributed by atoms with Gasteiger partial charge in [-0.05, 0) is 78.0 Å². The highest BCUT2D eigenvalue weighted by atomic mass is 35.5. The van der Waals surface area contributed by atoms with Gasteiger partial charge in [-0.15, -0.1) is 0 Å². The van der Waals surface area contributed by atoms with Crippen molar-refractivity contribution in [3.8, 4) is 5.75 Å². The minimum absolute atomic E-state index is 0.0195. The number of rotatable bonds is 5. The molecule has 2 heterocycles. The van der Waals surface area contributed by atoms with E-state index in [-0.39, 0.29) is 30.3 Å². The van der Waals surface area contributed by atoms with Crippen LogP contribution in [0.3, 0.4) is 0 Å². The van der Waals surface area contributed by atoms with Crippen molar-refractivity contribution in [1.82, 2.24) is 4.90 Å². The van der Waals surface area contributed by atoms with Crippen LogP contribution >= 0.6 is 11.6 Å². The lowest BCUT2D eigenvalue weighted by atomic mass is 9.70. The first-order valence-corrected chi connectivity index (χ1v) is 16.4. The van der Waals surface area contributed by atoms with E-state index >= 15 is 0 Å². The Hall–Kier alpha value is -3.03. The number of carbonyl (C=O) groups excluding carboxylic acids is 2. The molecule has 0 radical (unpaired) electrons. The number of nitrogens with zero attached hydrogens (tertiary/aromatic N) is 2. The molecule has 5 rings (SSSR count). The summed E-state index contributed by atoms with van der Waals surface area (Å²) in [5, 5.41) is 0.754. The fraction of sp³-hybridized carbons (Fsp3) is 0.556. The van der Waals surface area contributed by atoms with Gasteiger partial charge in [-0.2, -0.15) is 0 Å². The number of halogens is 1. The van der Waals surface area contributed by atoms with Crippen molar-refractivity contribution >= 4 is 29.2 Å². The molecule has 1 saturated carbocycles. The Morgan fingerprint density at radius 2 is 1.89 bits per heavy atom. The zero-order valence-corrected chi connectivity index (χ0v) is 27.5. The molecule has 44 heavy (non-hydrogen) atoms. The summed E-state index contributed by atoms with van der Waals surface area (Å²) in [6.07, 6.45) is 8.66. The van der Waals surface area contributed by atoms with E-state index in [1.54, 1.807) is 19.1 Å². The van der Waals surface area contributed by atoms with Gasteiger partial charge < -0.3 is 24.0 Å². The third-order valence-corrected chi connectivity index (χ3v) is 10.0. The minimum Gasteiger partial charge on any atom is -0.491 e. The number of hydrogen-bond acceptors (Lipinski definition) is 6. The number of esters is 1. The highest BCUT2D eigenvalue weighted by molar-refractivity contribution is 6.30. The topological polar surface area (TPSA) is 68.3 Å². The van der Waals surface area contributed by atoms with E-state index in [0.29, 0.717) is 25.0 Å². The van der Waals surface area contributed by atoms with Crippen molar-refractivity contribution in [1.29, 1.82) is 0 Å². The third kappa shape index (κ3) is 7.10. The van der Waals surface area contributed by atoms with E-state index in [4.69, 9.17) is 25.8 Å². The second-order valence-corrected chi connectivity index (χ2v) is 13.3. The first kappa shape index (κ1) is 32.4. The molecule has 3 aliphatic rings. The number of aryl methyl sites for hydroxylation is 1. The van der Waals surface area contributed by atoms with Crippen LogP contribution in [0.25, 0.3) is 0 Å². The smallest absolute Gasteiger partial charge is 0.313 e. The van der Waals surface area contributed by atoms with Crippen molar-refractivity contribution in [2.24, 2.45) is 17.8 Å². The number of hydrogen-bond donors (Lipinski definition) is 0. The first-order valence-electron chi connectivity index (χ1n) is 16.0. The van der Waals surface area contributed by atoms with Gasteiger partial charge in [-0.25, -0.2) is 0 Å². The maximum absolute atomic E-state index is 13.4. The molecule has 0 aromatic heterocycles. The molecule has 238 valence electrons. The van der Waals surface area contributed by atoms with Crippen LogP contribution in [0.2, 0.25) is 5.02 Å². The molecular weight excluding hydrogens is 576 g/mol. The SMILES string of the molecule is CCCc1cc(Cl)ccc1C1COc2ccc3cc2N(C1)CC1CCC1C(OC)/C=C\C(C)CN(C)C(=O)CC3C(=O)OC. The Morgan fingerprint density at radius 3 is 2.59 bits per heavy atom. The summed E-state index contributed by atoms with van der Waals surface area (Å²) in [6, 6.07) is 12.2. The average molecular weight is 623 g/mol. The Balaban J connectivity index is 1.58. The molecule has 6 atom stereocenters. The third-order valence-electron chi connectivity index (χ3n) is 9.78. The molecule has 6 unspecified atom stereocenters. The molecule has 7 nitrogen and oxygen atoms in total. The molecule has 2 aliphatic heterocycles. The molecule has 0 saturated heterocycles. The zero-order valence-electron chi connectivity index (χ0n) is 26.8.